The van der Waals surface area contributed by atoms with Crippen LogP contribution in [0.1, 0.15) is 6.42 Å². The maximum atomic E-state index is 12.3. The van der Waals surface area contributed by atoms with Crippen molar-refractivity contribution in [1.82, 2.24) is 4.72 Å². The van der Waals surface area contributed by atoms with Gasteiger partial charge in [0.05, 0.1) is 4.90 Å². The lowest BCUT2D eigenvalue weighted by atomic mass is 10.1. The predicted octanol–water partition coefficient (Wildman–Crippen LogP) is 1.74. The number of benzene rings is 2. The zero-order valence-corrected chi connectivity index (χ0v) is 12.1. The summed E-state index contributed by atoms with van der Waals surface area (Å²) in [5.74, 6) is 0. The summed E-state index contributed by atoms with van der Waals surface area (Å²) in [5, 5.41) is 1.48. The Hall–Kier alpha value is -1.63. The molecular weight excluding hydrogens is 276 g/mol. The third kappa shape index (κ3) is 3.27. The number of ether oxygens (including phenoxy) is 1. The lowest BCUT2D eigenvalue weighted by Gasteiger charge is -2.10. The van der Waals surface area contributed by atoms with Gasteiger partial charge in [-0.1, -0.05) is 18.2 Å². The molecule has 0 aliphatic rings. The maximum Gasteiger partial charge on any atom is 0.241 e. The van der Waals surface area contributed by atoms with Crippen LogP contribution in [0, 0.1) is 0 Å². The molecule has 20 heavy (non-hydrogen) atoms. The minimum absolute atomic E-state index is 0.271. The second-order valence-electron chi connectivity index (χ2n) is 4.48. The standard InChI is InChI=1S/C14H18N2O3S/c1-19-9-3-8-16-20(17,18)14-5-2-4-11-10-12(15)6-7-13(11)14/h2,4-7,10,16H,3,8-9,15H2,1H3. The van der Waals surface area contributed by atoms with E-state index in [1.165, 1.54) is 0 Å². The number of hydrogen-bond acceptors (Lipinski definition) is 4. The SMILES string of the molecule is COCCCNS(=O)(=O)c1cccc2cc(N)ccc12. The Balaban J connectivity index is 2.32. The summed E-state index contributed by atoms with van der Waals surface area (Å²) in [6.07, 6.45) is 0.632. The number of sulfonamides is 1. The molecule has 0 aromatic heterocycles. The smallest absolute Gasteiger partial charge is 0.241 e. The van der Waals surface area contributed by atoms with Gasteiger partial charge in [0, 0.05) is 31.3 Å². The Kier molecular flexibility index (Phi) is 4.59. The molecule has 0 aliphatic carbocycles. The van der Waals surface area contributed by atoms with Crippen molar-refractivity contribution in [3.05, 3.63) is 36.4 Å². The van der Waals surface area contributed by atoms with E-state index in [1.54, 1.807) is 37.4 Å². The number of methoxy groups -OCH3 is 1. The summed E-state index contributed by atoms with van der Waals surface area (Å²) in [4.78, 5) is 0.271. The first-order chi connectivity index (χ1) is 9.54. The van der Waals surface area contributed by atoms with Crippen molar-refractivity contribution >= 4 is 26.5 Å². The van der Waals surface area contributed by atoms with Gasteiger partial charge in [-0.05, 0) is 30.0 Å². The first kappa shape index (κ1) is 14.8. The van der Waals surface area contributed by atoms with Crippen LogP contribution in [0.2, 0.25) is 0 Å². The minimum Gasteiger partial charge on any atom is -0.399 e. The highest BCUT2D eigenvalue weighted by atomic mass is 32.2. The van der Waals surface area contributed by atoms with Crippen molar-refractivity contribution in [1.29, 1.82) is 0 Å². The number of nitrogens with one attached hydrogen (secondary N) is 1. The Labute approximate surface area is 118 Å². The van der Waals surface area contributed by atoms with Gasteiger partial charge < -0.3 is 10.5 Å². The van der Waals surface area contributed by atoms with Crippen LogP contribution in [0.5, 0.6) is 0 Å². The number of nitrogens with two attached hydrogens (primary N) is 1. The van der Waals surface area contributed by atoms with Crippen LogP contribution in [0.4, 0.5) is 5.69 Å². The summed E-state index contributed by atoms with van der Waals surface area (Å²) in [5.41, 5.74) is 6.33. The molecule has 0 aliphatic heterocycles. The molecule has 0 unspecified atom stereocenters. The highest BCUT2D eigenvalue weighted by Crippen LogP contribution is 2.24. The van der Waals surface area contributed by atoms with Gasteiger partial charge >= 0.3 is 0 Å². The van der Waals surface area contributed by atoms with Crippen molar-refractivity contribution in [3.8, 4) is 0 Å². The van der Waals surface area contributed by atoms with E-state index in [0.717, 1.165) is 5.39 Å². The second-order valence-corrected chi connectivity index (χ2v) is 6.22. The first-order valence-corrected chi connectivity index (χ1v) is 7.80. The van der Waals surface area contributed by atoms with E-state index in [-0.39, 0.29) is 4.90 Å². The molecule has 108 valence electrons. The van der Waals surface area contributed by atoms with Gasteiger partial charge in [0.2, 0.25) is 10.0 Å². The highest BCUT2D eigenvalue weighted by Gasteiger charge is 2.16. The molecule has 2 aromatic rings. The van der Waals surface area contributed by atoms with Crippen molar-refractivity contribution in [3.63, 3.8) is 0 Å². The van der Waals surface area contributed by atoms with E-state index in [2.05, 4.69) is 4.72 Å². The fourth-order valence-corrected chi connectivity index (χ4v) is 3.31. The number of anilines is 1. The summed E-state index contributed by atoms with van der Waals surface area (Å²) in [6.45, 7) is 0.871. The van der Waals surface area contributed by atoms with E-state index in [9.17, 15) is 8.42 Å². The zero-order valence-electron chi connectivity index (χ0n) is 11.3. The molecule has 2 rings (SSSR count). The normalized spacial score (nSPS) is 11.8. The third-order valence-corrected chi connectivity index (χ3v) is 4.49. The van der Waals surface area contributed by atoms with Crippen molar-refractivity contribution in [2.75, 3.05) is 26.0 Å². The van der Waals surface area contributed by atoms with E-state index in [4.69, 9.17) is 10.5 Å². The van der Waals surface area contributed by atoms with Crippen LogP contribution >= 0.6 is 0 Å². The largest absolute Gasteiger partial charge is 0.399 e. The molecule has 0 bridgehead atoms. The van der Waals surface area contributed by atoms with E-state index >= 15 is 0 Å². The van der Waals surface area contributed by atoms with Crippen LogP contribution in [-0.4, -0.2) is 28.7 Å². The Morgan fingerprint density at radius 2 is 2.05 bits per heavy atom. The number of fused-ring (bicyclic) bond motifs is 1. The zero-order chi connectivity index (χ0) is 14.6. The number of nitrogen functional groups attached to an aromatic ring is 1. The summed E-state index contributed by atoms with van der Waals surface area (Å²) >= 11 is 0. The van der Waals surface area contributed by atoms with Crippen molar-refractivity contribution < 1.29 is 13.2 Å². The van der Waals surface area contributed by atoms with Gasteiger partial charge in [-0.3, -0.25) is 0 Å². The van der Waals surface area contributed by atoms with Crippen LogP contribution in [-0.2, 0) is 14.8 Å². The fraction of sp³-hybridized carbons (Fsp3) is 0.286. The first-order valence-electron chi connectivity index (χ1n) is 6.31. The third-order valence-electron chi connectivity index (χ3n) is 2.97. The maximum absolute atomic E-state index is 12.3. The Morgan fingerprint density at radius 1 is 1.25 bits per heavy atom. The van der Waals surface area contributed by atoms with Crippen LogP contribution < -0.4 is 10.5 Å². The van der Waals surface area contributed by atoms with Crippen LogP contribution in [0.3, 0.4) is 0 Å². The average Bonchev–Trinajstić information content (AvgIpc) is 2.42. The lowest BCUT2D eigenvalue weighted by Crippen LogP contribution is -2.25. The van der Waals surface area contributed by atoms with Crippen molar-refractivity contribution in [2.24, 2.45) is 0 Å². The topological polar surface area (TPSA) is 81.4 Å². The summed E-state index contributed by atoms with van der Waals surface area (Å²) in [7, 11) is -1.94. The lowest BCUT2D eigenvalue weighted by molar-refractivity contribution is 0.196. The molecule has 0 saturated heterocycles. The molecule has 0 fully saturated rings. The molecule has 2 aromatic carbocycles. The van der Waals surface area contributed by atoms with Crippen LogP contribution in [0.15, 0.2) is 41.3 Å². The molecular formula is C14H18N2O3S. The molecule has 3 N–H and O–H groups in total. The highest BCUT2D eigenvalue weighted by molar-refractivity contribution is 7.89. The number of hydrogen-bond donors (Lipinski definition) is 2. The van der Waals surface area contributed by atoms with E-state index < -0.39 is 10.0 Å². The molecule has 0 radical (unpaired) electrons. The molecule has 0 spiro atoms. The average molecular weight is 294 g/mol. The van der Waals surface area contributed by atoms with Crippen LogP contribution in [0.25, 0.3) is 10.8 Å². The molecule has 0 amide bonds. The minimum atomic E-state index is -3.53. The van der Waals surface area contributed by atoms with Gasteiger partial charge in [-0.2, -0.15) is 0 Å². The molecule has 0 saturated carbocycles. The molecule has 5 nitrogen and oxygen atoms in total. The van der Waals surface area contributed by atoms with Gasteiger partial charge in [0.1, 0.15) is 0 Å². The fourth-order valence-electron chi connectivity index (χ4n) is 2.01. The predicted molar refractivity (Wildman–Crippen MR) is 80.0 cm³/mol. The van der Waals surface area contributed by atoms with Gasteiger partial charge in [0.15, 0.2) is 0 Å². The molecule has 0 heterocycles. The van der Waals surface area contributed by atoms with E-state index in [0.29, 0.717) is 30.6 Å². The number of rotatable bonds is 6. The van der Waals surface area contributed by atoms with Gasteiger partial charge in [-0.25, -0.2) is 13.1 Å². The van der Waals surface area contributed by atoms with Gasteiger partial charge in [0.25, 0.3) is 0 Å². The molecule has 0 atom stereocenters. The van der Waals surface area contributed by atoms with Crippen molar-refractivity contribution in [2.45, 2.75) is 11.3 Å². The van der Waals surface area contributed by atoms with Gasteiger partial charge in [-0.15, -0.1) is 0 Å². The van der Waals surface area contributed by atoms with E-state index in [1.807, 2.05) is 6.07 Å². The molecule has 6 heteroatoms. The summed E-state index contributed by atoms with van der Waals surface area (Å²) in [6, 6.07) is 10.3. The quantitative estimate of drug-likeness (QED) is 0.628. The summed E-state index contributed by atoms with van der Waals surface area (Å²) < 4.78 is 32.1. The monoisotopic (exact) mass is 294 g/mol. The Bertz CT molecular complexity index is 699. The Morgan fingerprint density at radius 3 is 2.80 bits per heavy atom. The second kappa shape index (κ2) is 6.21.